The molecule has 0 bridgehead atoms. The largest absolute Gasteiger partial charge is 0.355 e. The summed E-state index contributed by atoms with van der Waals surface area (Å²) in [6, 6.07) is 0.641. The second-order valence-corrected chi connectivity index (χ2v) is 7.17. The molecule has 0 aliphatic heterocycles. The predicted molar refractivity (Wildman–Crippen MR) is 91.7 cm³/mol. The molecule has 2 fully saturated rings. The molecule has 0 spiro atoms. The van der Waals surface area contributed by atoms with Gasteiger partial charge in [-0.1, -0.05) is 30.8 Å². The molecule has 0 radical (unpaired) electrons. The lowest BCUT2D eigenvalue weighted by Gasteiger charge is -2.16. The summed E-state index contributed by atoms with van der Waals surface area (Å²) in [5.41, 5.74) is 0. The number of carbonyl (C=O) groups is 1. The van der Waals surface area contributed by atoms with Gasteiger partial charge in [0.2, 0.25) is 11.8 Å². The summed E-state index contributed by atoms with van der Waals surface area (Å²) in [7, 11) is 0. The second kappa shape index (κ2) is 9.16. The maximum Gasteiger partial charge on any atom is 0.226 e. The van der Waals surface area contributed by atoms with Crippen LogP contribution in [0.25, 0.3) is 0 Å². The van der Waals surface area contributed by atoms with E-state index in [9.17, 15) is 4.79 Å². The molecular weight excluding hydrogens is 304 g/mol. The van der Waals surface area contributed by atoms with Gasteiger partial charge in [0.1, 0.15) is 0 Å². The van der Waals surface area contributed by atoms with Crippen LogP contribution in [0.5, 0.6) is 0 Å². The van der Waals surface area contributed by atoms with Crippen molar-refractivity contribution in [3.8, 4) is 0 Å². The van der Waals surface area contributed by atoms with E-state index in [1.54, 1.807) is 0 Å². The molecule has 2 aliphatic carbocycles. The first-order valence-electron chi connectivity index (χ1n) is 9.64. The highest BCUT2D eigenvalue weighted by molar-refractivity contribution is 5.75. The minimum atomic E-state index is 0.111. The highest BCUT2D eigenvalue weighted by Crippen LogP contribution is 2.38. The molecule has 1 aromatic rings. The summed E-state index contributed by atoms with van der Waals surface area (Å²) in [5.74, 6) is 2.14. The molecular formula is C18H30N4O2. The maximum absolute atomic E-state index is 11.9. The van der Waals surface area contributed by atoms with E-state index in [-0.39, 0.29) is 5.91 Å². The third-order valence-electron chi connectivity index (χ3n) is 4.96. The van der Waals surface area contributed by atoms with Crippen LogP contribution < -0.4 is 10.6 Å². The summed E-state index contributed by atoms with van der Waals surface area (Å²) in [6.45, 7) is 1.58. The molecule has 3 rings (SSSR count). The zero-order chi connectivity index (χ0) is 16.6. The fraction of sp³-hybridized carbons (Fsp3) is 0.833. The van der Waals surface area contributed by atoms with Crippen molar-refractivity contribution in [1.29, 1.82) is 0 Å². The number of hydrogen-bond acceptors (Lipinski definition) is 5. The van der Waals surface area contributed by atoms with Crippen molar-refractivity contribution in [2.45, 2.75) is 82.6 Å². The van der Waals surface area contributed by atoms with Crippen LogP contribution in [0.3, 0.4) is 0 Å². The highest BCUT2D eigenvalue weighted by atomic mass is 16.5. The van der Waals surface area contributed by atoms with E-state index in [1.165, 1.54) is 51.4 Å². The van der Waals surface area contributed by atoms with Crippen LogP contribution in [0.2, 0.25) is 0 Å². The van der Waals surface area contributed by atoms with E-state index in [4.69, 9.17) is 4.52 Å². The molecule has 0 unspecified atom stereocenters. The maximum atomic E-state index is 11.9. The molecule has 0 atom stereocenters. The van der Waals surface area contributed by atoms with Crippen LogP contribution in [0, 0.1) is 0 Å². The van der Waals surface area contributed by atoms with Gasteiger partial charge in [0.25, 0.3) is 0 Å². The van der Waals surface area contributed by atoms with Gasteiger partial charge in [-0.3, -0.25) is 4.79 Å². The van der Waals surface area contributed by atoms with Gasteiger partial charge in [0.15, 0.2) is 5.82 Å². The van der Waals surface area contributed by atoms with Crippen LogP contribution in [-0.4, -0.2) is 35.2 Å². The van der Waals surface area contributed by atoms with Crippen molar-refractivity contribution in [1.82, 2.24) is 20.8 Å². The molecule has 0 aromatic carbocycles. The predicted octanol–water partition coefficient (Wildman–Crippen LogP) is 2.70. The van der Waals surface area contributed by atoms with E-state index >= 15 is 0 Å². The summed E-state index contributed by atoms with van der Waals surface area (Å²) in [5, 5.41) is 10.6. The Labute approximate surface area is 144 Å². The Kier molecular flexibility index (Phi) is 6.64. The van der Waals surface area contributed by atoms with Gasteiger partial charge in [-0.15, -0.1) is 0 Å². The topological polar surface area (TPSA) is 80.0 Å². The lowest BCUT2D eigenvalue weighted by atomic mass is 10.1. The first-order chi connectivity index (χ1) is 11.8. The summed E-state index contributed by atoms with van der Waals surface area (Å²) in [4.78, 5) is 16.2. The molecule has 2 aliphatic rings. The lowest BCUT2D eigenvalue weighted by molar-refractivity contribution is -0.121. The van der Waals surface area contributed by atoms with Crippen LogP contribution in [-0.2, 0) is 11.2 Å². The van der Waals surface area contributed by atoms with Gasteiger partial charge < -0.3 is 15.2 Å². The van der Waals surface area contributed by atoms with E-state index in [0.717, 1.165) is 18.8 Å². The Bertz CT molecular complexity index is 505. The van der Waals surface area contributed by atoms with Crippen LogP contribution in [0.15, 0.2) is 4.52 Å². The standard InChI is InChI=1S/C18H30N4O2/c23-16(20-13-12-19-15-6-3-1-2-4-7-15)8-5-9-17-21-18(22-24-17)14-10-11-14/h14-15,19H,1-13H2,(H,20,23). The fourth-order valence-electron chi connectivity index (χ4n) is 3.33. The van der Waals surface area contributed by atoms with Crippen molar-refractivity contribution < 1.29 is 9.32 Å². The summed E-state index contributed by atoms with van der Waals surface area (Å²) in [6.07, 6.45) is 12.3. The Morgan fingerprint density at radius 3 is 2.62 bits per heavy atom. The van der Waals surface area contributed by atoms with E-state index < -0.39 is 0 Å². The van der Waals surface area contributed by atoms with Gasteiger partial charge in [-0.25, -0.2) is 0 Å². The zero-order valence-electron chi connectivity index (χ0n) is 14.6. The smallest absolute Gasteiger partial charge is 0.226 e. The molecule has 1 amide bonds. The minimum absolute atomic E-state index is 0.111. The highest BCUT2D eigenvalue weighted by Gasteiger charge is 2.28. The molecule has 2 N–H and O–H groups in total. The van der Waals surface area contributed by atoms with Gasteiger partial charge >= 0.3 is 0 Å². The summed E-state index contributed by atoms with van der Waals surface area (Å²) < 4.78 is 5.22. The normalized spacial score (nSPS) is 19.2. The number of nitrogens with zero attached hydrogens (tertiary/aromatic N) is 2. The lowest BCUT2D eigenvalue weighted by Crippen LogP contribution is -2.36. The number of amides is 1. The fourth-order valence-corrected chi connectivity index (χ4v) is 3.33. The average Bonchev–Trinajstić information content (AvgIpc) is 3.37. The summed E-state index contributed by atoms with van der Waals surface area (Å²) >= 11 is 0. The number of aryl methyl sites for hydroxylation is 1. The van der Waals surface area contributed by atoms with Crippen molar-refractivity contribution >= 4 is 5.91 Å². The number of aromatic nitrogens is 2. The average molecular weight is 334 g/mol. The van der Waals surface area contributed by atoms with Gasteiger partial charge in [-0.2, -0.15) is 4.98 Å². The van der Waals surface area contributed by atoms with Gasteiger partial charge in [0, 0.05) is 37.9 Å². The Morgan fingerprint density at radius 1 is 1.08 bits per heavy atom. The Morgan fingerprint density at radius 2 is 1.88 bits per heavy atom. The van der Waals surface area contributed by atoms with E-state index in [2.05, 4.69) is 20.8 Å². The van der Waals surface area contributed by atoms with Gasteiger partial charge in [0.05, 0.1) is 0 Å². The first-order valence-corrected chi connectivity index (χ1v) is 9.64. The van der Waals surface area contributed by atoms with Crippen molar-refractivity contribution in [3.63, 3.8) is 0 Å². The number of rotatable bonds is 9. The number of hydrogen-bond donors (Lipinski definition) is 2. The van der Waals surface area contributed by atoms with Crippen molar-refractivity contribution in [2.75, 3.05) is 13.1 Å². The molecule has 134 valence electrons. The molecule has 6 nitrogen and oxygen atoms in total. The zero-order valence-corrected chi connectivity index (χ0v) is 14.6. The molecule has 1 aromatic heterocycles. The van der Waals surface area contributed by atoms with Crippen LogP contribution in [0.4, 0.5) is 0 Å². The van der Waals surface area contributed by atoms with Crippen LogP contribution >= 0.6 is 0 Å². The van der Waals surface area contributed by atoms with Crippen molar-refractivity contribution in [2.24, 2.45) is 0 Å². The third-order valence-corrected chi connectivity index (χ3v) is 4.96. The Hall–Kier alpha value is -1.43. The SMILES string of the molecule is O=C(CCCc1nc(C2CC2)no1)NCCNC1CCCCCC1. The Balaban J connectivity index is 1.21. The molecule has 24 heavy (non-hydrogen) atoms. The number of carbonyl (C=O) groups excluding carboxylic acids is 1. The van der Waals surface area contributed by atoms with E-state index in [0.29, 0.717) is 37.2 Å². The first kappa shape index (κ1) is 17.4. The number of nitrogens with one attached hydrogen (secondary N) is 2. The van der Waals surface area contributed by atoms with Crippen molar-refractivity contribution in [3.05, 3.63) is 11.7 Å². The van der Waals surface area contributed by atoms with E-state index in [1.807, 2.05) is 0 Å². The molecule has 1 heterocycles. The second-order valence-electron chi connectivity index (χ2n) is 7.17. The van der Waals surface area contributed by atoms with Gasteiger partial charge in [-0.05, 0) is 32.1 Å². The molecule has 2 saturated carbocycles. The van der Waals surface area contributed by atoms with Crippen LogP contribution in [0.1, 0.15) is 81.8 Å². The third kappa shape index (κ3) is 5.89. The monoisotopic (exact) mass is 334 g/mol. The minimum Gasteiger partial charge on any atom is -0.355 e. The molecule has 0 saturated heterocycles. The quantitative estimate of drug-likeness (QED) is 0.536. The molecule has 6 heteroatoms.